The molecular weight excluding hydrogens is 546 g/mol. The smallest absolute Gasteiger partial charge is 0.191 e. The Balaban J connectivity index is 0.00000363. The first kappa shape index (κ1) is 26.0. The molecule has 0 amide bonds. The van der Waals surface area contributed by atoms with Gasteiger partial charge in [0.05, 0.1) is 12.3 Å². The molecule has 0 spiro atoms. The number of halogens is 2. The highest BCUT2D eigenvalue weighted by Crippen LogP contribution is 2.15. The van der Waals surface area contributed by atoms with Crippen LogP contribution in [0, 0.1) is 5.82 Å². The van der Waals surface area contributed by atoms with E-state index in [1.165, 1.54) is 18.2 Å². The van der Waals surface area contributed by atoms with Crippen molar-refractivity contribution in [2.75, 3.05) is 19.3 Å². The second-order valence-electron chi connectivity index (χ2n) is 7.25. The van der Waals surface area contributed by atoms with E-state index in [1.807, 2.05) is 35.7 Å². The third kappa shape index (κ3) is 7.69. The Bertz CT molecular complexity index is 1170. The molecule has 32 heavy (non-hydrogen) atoms. The summed E-state index contributed by atoms with van der Waals surface area (Å²) in [7, 11) is -3.23. The highest BCUT2D eigenvalue weighted by molar-refractivity contribution is 14.0. The predicted molar refractivity (Wildman–Crippen MR) is 134 cm³/mol. The lowest BCUT2D eigenvalue weighted by atomic mass is 10.1. The number of hydrogen-bond donors (Lipinski definition) is 2. The van der Waals surface area contributed by atoms with E-state index >= 15 is 0 Å². The Hall–Kier alpha value is -2.28. The zero-order chi connectivity index (χ0) is 22.3. The number of guanidine groups is 1. The van der Waals surface area contributed by atoms with Gasteiger partial charge in [-0.05, 0) is 48.7 Å². The van der Waals surface area contributed by atoms with E-state index in [-0.39, 0.29) is 36.3 Å². The van der Waals surface area contributed by atoms with Crippen LogP contribution in [0.25, 0.3) is 5.65 Å². The lowest BCUT2D eigenvalue weighted by Crippen LogP contribution is -2.38. The van der Waals surface area contributed by atoms with Crippen molar-refractivity contribution < 1.29 is 12.8 Å². The molecule has 174 valence electrons. The fraction of sp³-hybridized carbons (Fsp3) is 0.381. The van der Waals surface area contributed by atoms with Crippen LogP contribution in [0.4, 0.5) is 4.39 Å². The van der Waals surface area contributed by atoms with E-state index in [4.69, 9.17) is 0 Å². The average Bonchev–Trinajstić information content (AvgIpc) is 3.13. The lowest BCUT2D eigenvalue weighted by Gasteiger charge is -2.12. The summed E-state index contributed by atoms with van der Waals surface area (Å²) in [5.41, 5.74) is 1.93. The Morgan fingerprint density at radius 2 is 1.97 bits per heavy atom. The van der Waals surface area contributed by atoms with Crippen molar-refractivity contribution in [1.82, 2.24) is 25.2 Å². The van der Waals surface area contributed by atoms with Crippen LogP contribution in [0.3, 0.4) is 0 Å². The fourth-order valence-electron chi connectivity index (χ4n) is 3.19. The van der Waals surface area contributed by atoms with Crippen LogP contribution >= 0.6 is 24.0 Å². The zero-order valence-electron chi connectivity index (χ0n) is 18.1. The van der Waals surface area contributed by atoms with Gasteiger partial charge in [0.1, 0.15) is 11.6 Å². The van der Waals surface area contributed by atoms with E-state index < -0.39 is 15.7 Å². The molecule has 3 rings (SSSR count). The molecule has 0 unspecified atom stereocenters. The van der Waals surface area contributed by atoms with Crippen LogP contribution in [0.2, 0.25) is 0 Å². The standard InChI is InChI=1S/C21H27FN6O2S.HI/c1-3-23-21(24-11-6-8-20-27-26-19-7-4-5-12-28(19)20)25-14-17-13-18(22)10-9-16(17)15-31(2,29)30;/h4-5,7,9-10,12-13H,3,6,8,11,14-15H2,1-2H3,(H2,23,24,25);1H. The summed E-state index contributed by atoms with van der Waals surface area (Å²) in [6.07, 6.45) is 4.67. The van der Waals surface area contributed by atoms with Crippen LogP contribution < -0.4 is 10.6 Å². The van der Waals surface area contributed by atoms with Crippen LogP contribution in [-0.4, -0.2) is 48.3 Å². The zero-order valence-corrected chi connectivity index (χ0v) is 21.2. The third-order valence-electron chi connectivity index (χ3n) is 4.59. The average molecular weight is 574 g/mol. The van der Waals surface area contributed by atoms with Gasteiger partial charge in [0, 0.05) is 32.0 Å². The topological polar surface area (TPSA) is 101 Å². The molecule has 8 nitrogen and oxygen atoms in total. The van der Waals surface area contributed by atoms with E-state index in [0.29, 0.717) is 30.2 Å². The minimum absolute atomic E-state index is 0. The minimum Gasteiger partial charge on any atom is -0.357 e. The number of nitrogens with zero attached hydrogens (tertiary/aromatic N) is 4. The molecule has 1 aromatic carbocycles. The van der Waals surface area contributed by atoms with E-state index in [1.54, 1.807) is 0 Å². The molecule has 2 aromatic heterocycles. The van der Waals surface area contributed by atoms with Gasteiger partial charge in [0.25, 0.3) is 0 Å². The van der Waals surface area contributed by atoms with Gasteiger partial charge in [0.15, 0.2) is 21.4 Å². The van der Waals surface area contributed by atoms with E-state index in [2.05, 4.69) is 25.8 Å². The largest absolute Gasteiger partial charge is 0.357 e. The maximum Gasteiger partial charge on any atom is 0.191 e. The number of aliphatic imine (C=N–C) groups is 1. The molecule has 3 aromatic rings. The first-order chi connectivity index (χ1) is 14.9. The van der Waals surface area contributed by atoms with Crippen LogP contribution in [0.5, 0.6) is 0 Å². The number of sulfone groups is 1. The summed E-state index contributed by atoms with van der Waals surface area (Å²) < 4.78 is 39.0. The Labute approximate surface area is 204 Å². The SMILES string of the molecule is CCNC(=NCc1cc(F)ccc1CS(C)(=O)=O)NCCCc1nnc2ccccn12.I. The van der Waals surface area contributed by atoms with Crippen LogP contribution in [-0.2, 0) is 28.6 Å². The van der Waals surface area contributed by atoms with Crippen molar-refractivity contribution in [2.24, 2.45) is 4.99 Å². The quantitative estimate of drug-likeness (QED) is 0.177. The normalized spacial score (nSPS) is 11.9. The maximum atomic E-state index is 13.7. The maximum absolute atomic E-state index is 13.7. The second kappa shape index (κ2) is 12.1. The summed E-state index contributed by atoms with van der Waals surface area (Å²) in [5.74, 6) is 0.919. The van der Waals surface area contributed by atoms with Crippen molar-refractivity contribution in [3.63, 3.8) is 0 Å². The van der Waals surface area contributed by atoms with Gasteiger partial charge in [0.2, 0.25) is 0 Å². The molecular formula is C21H28FIN6O2S. The molecule has 11 heteroatoms. The van der Waals surface area contributed by atoms with Gasteiger partial charge in [-0.15, -0.1) is 34.2 Å². The molecule has 2 N–H and O–H groups in total. The summed E-state index contributed by atoms with van der Waals surface area (Å²) in [4.78, 5) is 4.50. The number of rotatable bonds is 9. The first-order valence-electron chi connectivity index (χ1n) is 10.1. The third-order valence-corrected chi connectivity index (χ3v) is 5.43. The second-order valence-corrected chi connectivity index (χ2v) is 9.39. The Kier molecular flexibility index (Phi) is 9.82. The summed E-state index contributed by atoms with van der Waals surface area (Å²) >= 11 is 0. The van der Waals surface area contributed by atoms with Gasteiger partial charge in [-0.25, -0.2) is 17.8 Å². The number of aryl methyl sites for hydroxylation is 1. The molecule has 0 aliphatic carbocycles. The number of benzene rings is 1. The van der Waals surface area contributed by atoms with Crippen molar-refractivity contribution >= 4 is 45.4 Å². The number of aromatic nitrogens is 3. The van der Waals surface area contributed by atoms with Crippen molar-refractivity contribution in [1.29, 1.82) is 0 Å². The molecule has 0 aliphatic heterocycles. The number of nitrogens with one attached hydrogen (secondary N) is 2. The van der Waals surface area contributed by atoms with Crippen molar-refractivity contribution in [2.45, 2.75) is 32.1 Å². The fourth-order valence-corrected chi connectivity index (χ4v) is 4.03. The number of fused-ring (bicyclic) bond motifs is 1. The molecule has 0 saturated carbocycles. The predicted octanol–water partition coefficient (Wildman–Crippen LogP) is 2.72. The van der Waals surface area contributed by atoms with Gasteiger partial charge in [-0.1, -0.05) is 12.1 Å². The molecule has 0 radical (unpaired) electrons. The van der Waals surface area contributed by atoms with Crippen LogP contribution in [0.1, 0.15) is 30.3 Å². The molecule has 0 bridgehead atoms. The summed E-state index contributed by atoms with van der Waals surface area (Å²) in [6, 6.07) is 9.89. The molecule has 0 saturated heterocycles. The van der Waals surface area contributed by atoms with Gasteiger partial charge >= 0.3 is 0 Å². The van der Waals surface area contributed by atoms with E-state index in [9.17, 15) is 12.8 Å². The molecule has 0 atom stereocenters. The van der Waals surface area contributed by atoms with Gasteiger partial charge in [-0.2, -0.15) is 0 Å². The number of hydrogen-bond acceptors (Lipinski definition) is 5. The Morgan fingerprint density at radius 1 is 1.16 bits per heavy atom. The summed E-state index contributed by atoms with van der Waals surface area (Å²) in [6.45, 7) is 3.45. The van der Waals surface area contributed by atoms with E-state index in [0.717, 1.165) is 30.6 Å². The lowest BCUT2D eigenvalue weighted by molar-refractivity contribution is 0.600. The first-order valence-corrected chi connectivity index (χ1v) is 12.2. The molecule has 0 aliphatic rings. The van der Waals surface area contributed by atoms with Crippen LogP contribution in [0.15, 0.2) is 47.6 Å². The molecule has 0 fully saturated rings. The Morgan fingerprint density at radius 3 is 2.72 bits per heavy atom. The van der Waals surface area contributed by atoms with Crippen molar-refractivity contribution in [3.05, 3.63) is 65.4 Å². The number of pyridine rings is 1. The van der Waals surface area contributed by atoms with Crippen molar-refractivity contribution in [3.8, 4) is 0 Å². The monoisotopic (exact) mass is 574 g/mol. The van der Waals surface area contributed by atoms with Gasteiger partial charge < -0.3 is 10.6 Å². The molecule has 2 heterocycles. The highest BCUT2D eigenvalue weighted by atomic mass is 127. The van der Waals surface area contributed by atoms with Gasteiger partial charge in [-0.3, -0.25) is 4.40 Å². The summed E-state index contributed by atoms with van der Waals surface area (Å²) in [5, 5.41) is 14.8. The highest BCUT2D eigenvalue weighted by Gasteiger charge is 2.11. The minimum atomic E-state index is -3.23.